The predicted molar refractivity (Wildman–Crippen MR) is 84.3 cm³/mol. The third-order valence-corrected chi connectivity index (χ3v) is 4.65. The fourth-order valence-corrected chi connectivity index (χ4v) is 3.17. The van der Waals surface area contributed by atoms with Crippen molar-refractivity contribution in [1.29, 1.82) is 0 Å². The van der Waals surface area contributed by atoms with Crippen molar-refractivity contribution in [3.63, 3.8) is 0 Å². The van der Waals surface area contributed by atoms with Crippen LogP contribution in [0.4, 0.5) is 0 Å². The van der Waals surface area contributed by atoms with E-state index in [1.165, 1.54) is 0 Å². The highest BCUT2D eigenvalue weighted by Gasteiger charge is 2.65. The van der Waals surface area contributed by atoms with E-state index in [0.29, 0.717) is 6.54 Å². The number of nitrogens with one attached hydrogen (secondary N) is 1. The van der Waals surface area contributed by atoms with Gasteiger partial charge < -0.3 is 15.3 Å². The summed E-state index contributed by atoms with van der Waals surface area (Å²) in [4.78, 5) is 25.5. The molecule has 1 aromatic carbocycles. The molecule has 1 amide bonds. The maximum atomic E-state index is 12.3. The summed E-state index contributed by atoms with van der Waals surface area (Å²) >= 11 is 0. The molecule has 22 heavy (non-hydrogen) atoms. The van der Waals surface area contributed by atoms with Gasteiger partial charge in [0.05, 0.1) is 17.9 Å². The molecule has 2 N–H and O–H groups in total. The highest BCUT2D eigenvalue weighted by atomic mass is 16.4. The van der Waals surface area contributed by atoms with Gasteiger partial charge in [-0.15, -0.1) is 0 Å². The van der Waals surface area contributed by atoms with Gasteiger partial charge in [-0.1, -0.05) is 44.2 Å². The van der Waals surface area contributed by atoms with Crippen LogP contribution >= 0.6 is 0 Å². The molecule has 3 atom stereocenters. The Morgan fingerprint density at radius 2 is 1.82 bits per heavy atom. The zero-order valence-electron chi connectivity index (χ0n) is 13.5. The van der Waals surface area contributed by atoms with Crippen molar-refractivity contribution in [3.05, 3.63) is 35.9 Å². The minimum absolute atomic E-state index is 0.0651. The molecule has 0 aliphatic heterocycles. The average Bonchev–Trinajstić information content (AvgIpc) is 3.03. The van der Waals surface area contributed by atoms with Crippen LogP contribution < -0.4 is 5.32 Å². The van der Waals surface area contributed by atoms with Crippen LogP contribution in [0.5, 0.6) is 0 Å². The standard InChI is InChI=1S/C17H24N2O3/c1-17(2)13(14(17)16(21)22)15(20)18-10-12(19(3)4)11-8-6-5-7-9-11/h5-9,12-14H,10H2,1-4H3,(H,18,20)(H,21,22)/t12-,13+,14+/m0/s1. The number of benzene rings is 1. The maximum Gasteiger partial charge on any atom is 0.307 e. The van der Waals surface area contributed by atoms with Crippen LogP contribution in [0.15, 0.2) is 30.3 Å². The second kappa shape index (κ2) is 6.08. The molecule has 0 spiro atoms. The third kappa shape index (κ3) is 3.14. The first kappa shape index (κ1) is 16.5. The van der Waals surface area contributed by atoms with Crippen molar-refractivity contribution in [2.24, 2.45) is 17.3 Å². The minimum Gasteiger partial charge on any atom is -0.481 e. The summed E-state index contributed by atoms with van der Waals surface area (Å²) in [5, 5.41) is 12.1. The van der Waals surface area contributed by atoms with Crippen LogP contribution in [-0.4, -0.2) is 42.5 Å². The van der Waals surface area contributed by atoms with Crippen molar-refractivity contribution in [2.75, 3.05) is 20.6 Å². The number of carboxylic acid groups (broad SMARTS) is 1. The second-order valence-corrected chi connectivity index (χ2v) is 6.75. The SMILES string of the molecule is CN(C)[C@@H](CNC(=O)[C@H]1[C@H](C(=O)O)C1(C)C)c1ccccc1. The largest absolute Gasteiger partial charge is 0.481 e. The highest BCUT2D eigenvalue weighted by Crippen LogP contribution is 2.58. The molecule has 0 unspecified atom stereocenters. The number of hydrogen-bond acceptors (Lipinski definition) is 3. The first-order valence-corrected chi connectivity index (χ1v) is 7.48. The monoisotopic (exact) mass is 304 g/mol. The molecule has 1 aromatic rings. The zero-order valence-corrected chi connectivity index (χ0v) is 13.5. The van der Waals surface area contributed by atoms with E-state index in [4.69, 9.17) is 5.11 Å². The normalized spacial score (nSPS) is 23.9. The molecule has 5 heteroatoms. The van der Waals surface area contributed by atoms with E-state index in [0.717, 1.165) is 5.56 Å². The van der Waals surface area contributed by atoms with E-state index in [9.17, 15) is 9.59 Å². The van der Waals surface area contributed by atoms with Crippen molar-refractivity contribution in [3.8, 4) is 0 Å². The molecule has 120 valence electrons. The van der Waals surface area contributed by atoms with Gasteiger partial charge in [0.1, 0.15) is 0 Å². The van der Waals surface area contributed by atoms with Crippen LogP contribution in [0.1, 0.15) is 25.5 Å². The number of hydrogen-bond donors (Lipinski definition) is 2. The fourth-order valence-electron chi connectivity index (χ4n) is 3.17. The van der Waals surface area contributed by atoms with Crippen molar-refractivity contribution in [2.45, 2.75) is 19.9 Å². The number of nitrogens with zero attached hydrogens (tertiary/aromatic N) is 1. The Morgan fingerprint density at radius 3 is 2.27 bits per heavy atom. The lowest BCUT2D eigenvalue weighted by Gasteiger charge is -2.25. The molecule has 0 heterocycles. The van der Waals surface area contributed by atoms with E-state index in [2.05, 4.69) is 5.32 Å². The molecular formula is C17H24N2O3. The summed E-state index contributed by atoms with van der Waals surface area (Å²) in [6, 6.07) is 10.0. The summed E-state index contributed by atoms with van der Waals surface area (Å²) in [7, 11) is 3.93. The summed E-state index contributed by atoms with van der Waals surface area (Å²) in [6.07, 6.45) is 0. The molecule has 5 nitrogen and oxygen atoms in total. The summed E-state index contributed by atoms with van der Waals surface area (Å²) in [5.41, 5.74) is 0.661. The lowest BCUT2D eigenvalue weighted by atomic mass is 10.1. The van der Waals surface area contributed by atoms with Crippen LogP contribution in [0.2, 0.25) is 0 Å². The first-order chi connectivity index (χ1) is 10.3. The molecule has 0 saturated heterocycles. The van der Waals surface area contributed by atoms with Gasteiger partial charge >= 0.3 is 5.97 Å². The van der Waals surface area contributed by atoms with Crippen LogP contribution in [0.25, 0.3) is 0 Å². The van der Waals surface area contributed by atoms with Gasteiger partial charge in [-0.25, -0.2) is 0 Å². The Labute approximate surface area is 131 Å². The third-order valence-electron chi connectivity index (χ3n) is 4.65. The van der Waals surface area contributed by atoms with Gasteiger partial charge in [-0.3, -0.25) is 9.59 Å². The minimum atomic E-state index is -0.891. The lowest BCUT2D eigenvalue weighted by Crippen LogP contribution is -2.36. The molecule has 1 aliphatic carbocycles. The number of aliphatic carboxylic acids is 1. The number of carboxylic acids is 1. The van der Waals surface area contributed by atoms with Gasteiger partial charge in [0.25, 0.3) is 0 Å². The molecule has 0 aromatic heterocycles. The fraction of sp³-hybridized carbons (Fsp3) is 0.529. The molecule has 2 rings (SSSR count). The van der Waals surface area contributed by atoms with Gasteiger partial charge in [0.15, 0.2) is 0 Å². The topological polar surface area (TPSA) is 69.6 Å². The van der Waals surface area contributed by atoms with E-state index < -0.39 is 23.2 Å². The summed E-state index contributed by atoms with van der Waals surface area (Å²) in [5.74, 6) is -2.08. The van der Waals surface area contributed by atoms with Crippen molar-refractivity contribution < 1.29 is 14.7 Å². The molecular weight excluding hydrogens is 280 g/mol. The van der Waals surface area contributed by atoms with E-state index in [1.807, 2.05) is 63.2 Å². The summed E-state index contributed by atoms with van der Waals surface area (Å²) in [6.45, 7) is 4.13. The van der Waals surface area contributed by atoms with Gasteiger partial charge in [-0.2, -0.15) is 0 Å². The van der Waals surface area contributed by atoms with Crippen molar-refractivity contribution >= 4 is 11.9 Å². The molecule has 1 saturated carbocycles. The molecule has 0 radical (unpaired) electrons. The Bertz CT molecular complexity index is 554. The number of likely N-dealkylation sites (N-methyl/N-ethyl adjacent to an activating group) is 1. The first-order valence-electron chi connectivity index (χ1n) is 7.48. The number of carbonyl (C=O) groups excluding carboxylic acids is 1. The average molecular weight is 304 g/mol. The van der Waals surface area contributed by atoms with Crippen LogP contribution in [0.3, 0.4) is 0 Å². The smallest absolute Gasteiger partial charge is 0.307 e. The van der Waals surface area contributed by atoms with Crippen LogP contribution in [0, 0.1) is 17.3 Å². The lowest BCUT2D eigenvalue weighted by molar-refractivity contribution is -0.140. The van der Waals surface area contributed by atoms with E-state index in [-0.39, 0.29) is 11.9 Å². The van der Waals surface area contributed by atoms with Gasteiger partial charge in [0.2, 0.25) is 5.91 Å². The van der Waals surface area contributed by atoms with Gasteiger partial charge in [-0.05, 0) is 25.1 Å². The number of carbonyl (C=O) groups is 2. The van der Waals surface area contributed by atoms with Gasteiger partial charge in [0, 0.05) is 6.54 Å². The van der Waals surface area contributed by atoms with Crippen molar-refractivity contribution in [1.82, 2.24) is 10.2 Å². The van der Waals surface area contributed by atoms with E-state index >= 15 is 0 Å². The predicted octanol–water partition coefficient (Wildman–Crippen LogP) is 1.76. The van der Waals surface area contributed by atoms with Crippen LogP contribution in [-0.2, 0) is 9.59 Å². The quantitative estimate of drug-likeness (QED) is 0.840. The zero-order chi connectivity index (χ0) is 16.5. The Morgan fingerprint density at radius 1 is 1.23 bits per heavy atom. The number of amides is 1. The molecule has 0 bridgehead atoms. The van der Waals surface area contributed by atoms with E-state index in [1.54, 1.807) is 0 Å². The highest BCUT2D eigenvalue weighted by molar-refractivity contribution is 5.91. The Hall–Kier alpha value is -1.88. The Balaban J connectivity index is 1.99. The summed E-state index contributed by atoms with van der Waals surface area (Å²) < 4.78 is 0. The molecule has 1 fully saturated rings. The second-order valence-electron chi connectivity index (χ2n) is 6.75. The molecule has 1 aliphatic rings. The Kier molecular flexibility index (Phi) is 4.56. The number of rotatable bonds is 6. The maximum absolute atomic E-state index is 12.3.